The van der Waals surface area contributed by atoms with E-state index < -0.39 is 23.2 Å². The van der Waals surface area contributed by atoms with E-state index in [1.165, 1.54) is 24.6 Å². The van der Waals surface area contributed by atoms with Gasteiger partial charge in [0, 0.05) is 24.7 Å². The topological polar surface area (TPSA) is 78.2 Å². The largest absolute Gasteiger partial charge is 0.490 e. The normalized spacial score (nSPS) is 16.8. The van der Waals surface area contributed by atoms with E-state index in [0.717, 1.165) is 49.3 Å². The molecule has 196 valence electrons. The molecule has 9 heteroatoms. The molecule has 1 fully saturated rings. The van der Waals surface area contributed by atoms with Crippen molar-refractivity contribution < 1.29 is 18.3 Å². The molecule has 5 rings (SSSR count). The van der Waals surface area contributed by atoms with Crippen molar-refractivity contribution in [3.63, 3.8) is 0 Å². The Bertz CT molecular complexity index is 1370. The summed E-state index contributed by atoms with van der Waals surface area (Å²) < 4.78 is 38.2. The first-order valence-electron chi connectivity index (χ1n) is 13.1. The summed E-state index contributed by atoms with van der Waals surface area (Å²) >= 11 is 0. The predicted octanol–water partition coefficient (Wildman–Crippen LogP) is 5.56. The van der Waals surface area contributed by atoms with Crippen LogP contribution in [0.1, 0.15) is 73.6 Å². The van der Waals surface area contributed by atoms with E-state index >= 15 is 4.39 Å². The van der Waals surface area contributed by atoms with E-state index in [-0.39, 0.29) is 23.1 Å². The molecular weight excluding hydrogens is 478 g/mol. The lowest BCUT2D eigenvalue weighted by Gasteiger charge is -2.29. The minimum atomic E-state index is -0.767. The van der Waals surface area contributed by atoms with E-state index in [1.54, 1.807) is 17.6 Å². The highest BCUT2D eigenvalue weighted by atomic mass is 19.1. The van der Waals surface area contributed by atoms with E-state index in [2.05, 4.69) is 10.4 Å². The van der Waals surface area contributed by atoms with Crippen LogP contribution in [0.2, 0.25) is 0 Å². The van der Waals surface area contributed by atoms with Gasteiger partial charge in [-0.3, -0.25) is 9.36 Å². The number of nitrogens with one attached hydrogen (secondary N) is 1. The number of ether oxygens (including phenoxy) is 1. The van der Waals surface area contributed by atoms with Gasteiger partial charge in [0.15, 0.2) is 0 Å². The van der Waals surface area contributed by atoms with Crippen molar-refractivity contribution in [2.24, 2.45) is 5.92 Å². The van der Waals surface area contributed by atoms with Crippen molar-refractivity contribution in [2.45, 2.75) is 77.9 Å². The molecule has 0 spiro atoms. The number of rotatable bonds is 6. The van der Waals surface area contributed by atoms with Crippen molar-refractivity contribution in [1.29, 1.82) is 0 Å². The number of aromatic nitrogens is 3. The quantitative estimate of drug-likeness (QED) is 0.471. The number of benzene rings is 2. The number of nitrogens with zero attached hydrogens (tertiary/aromatic N) is 3. The van der Waals surface area contributed by atoms with E-state index in [0.29, 0.717) is 36.0 Å². The Hall–Kier alpha value is -3.49. The second-order valence-corrected chi connectivity index (χ2v) is 10.2. The molecule has 1 saturated carbocycles. The Labute approximate surface area is 214 Å². The molecule has 37 heavy (non-hydrogen) atoms. The van der Waals surface area contributed by atoms with Crippen LogP contribution in [-0.4, -0.2) is 26.4 Å². The maximum absolute atomic E-state index is 15.5. The minimum absolute atomic E-state index is 0.0235. The summed E-state index contributed by atoms with van der Waals surface area (Å²) in [5, 5.41) is 7.07. The third-order valence-corrected chi connectivity index (χ3v) is 7.57. The zero-order valence-electron chi connectivity index (χ0n) is 21.2. The van der Waals surface area contributed by atoms with Crippen LogP contribution in [0.25, 0.3) is 5.69 Å². The lowest BCUT2D eigenvalue weighted by atomic mass is 9.86. The average molecular weight is 511 g/mol. The van der Waals surface area contributed by atoms with E-state index in [1.807, 2.05) is 6.92 Å². The first kappa shape index (κ1) is 25.2. The van der Waals surface area contributed by atoms with Gasteiger partial charge in [0.1, 0.15) is 28.9 Å². The molecule has 2 aromatic carbocycles. The summed E-state index contributed by atoms with van der Waals surface area (Å²) in [7, 11) is 0. The third kappa shape index (κ3) is 5.17. The molecule has 3 aromatic rings. The molecule has 1 aliphatic heterocycles. The second kappa shape index (κ2) is 10.5. The fraction of sp³-hybridized carbons (Fsp3) is 0.464. The van der Waals surface area contributed by atoms with Gasteiger partial charge in [-0.1, -0.05) is 25.3 Å². The van der Waals surface area contributed by atoms with E-state index in [9.17, 15) is 14.0 Å². The smallest absolute Gasteiger partial charge is 0.350 e. The molecule has 0 bridgehead atoms. The molecular formula is C28H32F2N4O3. The molecule has 1 N–H and O–H groups in total. The number of aryl methyl sites for hydroxylation is 2. The molecule has 7 nitrogen and oxygen atoms in total. The zero-order chi connectivity index (χ0) is 26.1. The Morgan fingerprint density at radius 2 is 1.89 bits per heavy atom. The fourth-order valence-electron chi connectivity index (χ4n) is 5.36. The summed E-state index contributed by atoms with van der Waals surface area (Å²) in [6.07, 6.45) is 7.70. The molecule has 0 radical (unpaired) electrons. The number of fused-ring (bicyclic) bond motifs is 1. The number of amides is 1. The van der Waals surface area contributed by atoms with Crippen LogP contribution < -0.4 is 15.7 Å². The molecule has 0 unspecified atom stereocenters. The number of halogens is 2. The standard InChI is InChI=1S/C28H32F2N4O3/c1-17-11-12-20(29)14-23(17)31-27(35)21-15-22(30)24(34-28(36)33-13-7-6-10-26(33)32-34)16-25(21)37-18(2)19-8-4-3-5-9-19/h11-12,14-16,18-19H,3-10,13H2,1-2H3,(H,31,35)/t18-/m0/s1. The van der Waals surface area contributed by atoms with E-state index in [4.69, 9.17) is 4.74 Å². The van der Waals surface area contributed by atoms with Crippen LogP contribution in [0.4, 0.5) is 14.5 Å². The monoisotopic (exact) mass is 510 g/mol. The molecule has 1 atom stereocenters. The van der Waals surface area contributed by atoms with Gasteiger partial charge >= 0.3 is 5.69 Å². The van der Waals surface area contributed by atoms with Gasteiger partial charge in [0.25, 0.3) is 5.91 Å². The first-order chi connectivity index (χ1) is 17.8. The van der Waals surface area contributed by atoms with Crippen molar-refractivity contribution in [2.75, 3.05) is 5.32 Å². The predicted molar refractivity (Wildman–Crippen MR) is 136 cm³/mol. The summed E-state index contributed by atoms with van der Waals surface area (Å²) in [5.41, 5.74) is 0.465. The number of hydrogen-bond acceptors (Lipinski definition) is 4. The maximum atomic E-state index is 15.5. The molecule has 1 aliphatic carbocycles. The van der Waals surface area contributed by atoms with Crippen LogP contribution in [-0.2, 0) is 13.0 Å². The first-order valence-corrected chi connectivity index (χ1v) is 13.1. The summed E-state index contributed by atoms with van der Waals surface area (Å²) in [6, 6.07) is 6.56. The van der Waals surface area contributed by atoms with Gasteiger partial charge in [0.2, 0.25) is 0 Å². The fourth-order valence-corrected chi connectivity index (χ4v) is 5.36. The van der Waals surface area contributed by atoms with Gasteiger partial charge < -0.3 is 10.1 Å². The summed E-state index contributed by atoms with van der Waals surface area (Å²) in [6.45, 7) is 4.25. The van der Waals surface area contributed by atoms with Crippen molar-refractivity contribution in [1.82, 2.24) is 14.3 Å². The Balaban J connectivity index is 1.54. The Morgan fingerprint density at radius 1 is 1.11 bits per heavy atom. The van der Waals surface area contributed by atoms with Crippen LogP contribution in [0.5, 0.6) is 5.75 Å². The second-order valence-electron chi connectivity index (χ2n) is 10.2. The average Bonchev–Trinajstić information content (AvgIpc) is 3.23. The summed E-state index contributed by atoms with van der Waals surface area (Å²) in [5.74, 6) is -0.784. The molecule has 2 heterocycles. The van der Waals surface area contributed by atoms with Crippen molar-refractivity contribution in [3.05, 3.63) is 69.4 Å². The van der Waals surface area contributed by atoms with Crippen LogP contribution in [0, 0.1) is 24.5 Å². The van der Waals surface area contributed by atoms with Crippen molar-refractivity contribution in [3.8, 4) is 11.4 Å². The minimum Gasteiger partial charge on any atom is -0.490 e. The number of carbonyl (C=O) groups is 1. The highest BCUT2D eigenvalue weighted by molar-refractivity contribution is 6.06. The molecule has 1 aromatic heterocycles. The Morgan fingerprint density at radius 3 is 2.65 bits per heavy atom. The number of hydrogen-bond donors (Lipinski definition) is 1. The highest BCUT2D eigenvalue weighted by Gasteiger charge is 2.27. The molecule has 1 amide bonds. The lowest BCUT2D eigenvalue weighted by molar-refractivity contribution is 0.0997. The van der Waals surface area contributed by atoms with Crippen LogP contribution in [0.3, 0.4) is 0 Å². The van der Waals surface area contributed by atoms with Crippen LogP contribution in [0.15, 0.2) is 35.1 Å². The van der Waals surface area contributed by atoms with Gasteiger partial charge in [-0.15, -0.1) is 5.10 Å². The van der Waals surface area contributed by atoms with Crippen molar-refractivity contribution >= 4 is 11.6 Å². The molecule has 2 aliphatic rings. The SMILES string of the molecule is Cc1ccc(F)cc1NC(=O)c1cc(F)c(-n2nc3n(c2=O)CCCC3)cc1O[C@@H](C)C1CCCCC1. The van der Waals surface area contributed by atoms with Gasteiger partial charge in [-0.25, -0.2) is 13.6 Å². The zero-order valence-corrected chi connectivity index (χ0v) is 21.2. The number of anilines is 1. The van der Waals surface area contributed by atoms with Gasteiger partial charge in [-0.2, -0.15) is 4.68 Å². The lowest BCUT2D eigenvalue weighted by Crippen LogP contribution is -2.28. The highest BCUT2D eigenvalue weighted by Crippen LogP contribution is 2.32. The third-order valence-electron chi connectivity index (χ3n) is 7.57. The Kier molecular flexibility index (Phi) is 7.13. The van der Waals surface area contributed by atoms with Gasteiger partial charge in [-0.05, 0) is 69.2 Å². The molecule has 0 saturated heterocycles. The summed E-state index contributed by atoms with van der Waals surface area (Å²) in [4.78, 5) is 26.3. The maximum Gasteiger partial charge on any atom is 0.350 e. The van der Waals surface area contributed by atoms with Gasteiger partial charge in [0.05, 0.1) is 11.7 Å². The van der Waals surface area contributed by atoms with Crippen LogP contribution >= 0.6 is 0 Å². The number of carbonyl (C=O) groups excluding carboxylic acids is 1.